The third kappa shape index (κ3) is 3.42. The van der Waals surface area contributed by atoms with Crippen LogP contribution >= 0.6 is 12.2 Å². The van der Waals surface area contributed by atoms with Crippen LogP contribution in [0.3, 0.4) is 0 Å². The van der Waals surface area contributed by atoms with E-state index >= 15 is 0 Å². The van der Waals surface area contributed by atoms with E-state index in [-0.39, 0.29) is 0 Å². The van der Waals surface area contributed by atoms with Crippen LogP contribution < -0.4 is 5.73 Å². The third-order valence-electron chi connectivity index (χ3n) is 4.78. The van der Waals surface area contributed by atoms with Crippen molar-refractivity contribution in [1.82, 2.24) is 14.8 Å². The molecule has 21 heavy (non-hydrogen) atoms. The van der Waals surface area contributed by atoms with Gasteiger partial charge in [-0.25, -0.2) is 0 Å². The smallest absolute Gasteiger partial charge is 0.122 e. The Morgan fingerprint density at radius 1 is 1.43 bits per heavy atom. The molecule has 2 atom stereocenters. The van der Waals surface area contributed by atoms with E-state index in [9.17, 15) is 0 Å². The first-order chi connectivity index (χ1) is 10.1. The second-order valence-electron chi connectivity index (χ2n) is 6.34. The minimum atomic E-state index is 0.377. The lowest BCUT2D eigenvalue weighted by molar-refractivity contribution is 0.0111. The molecule has 0 aromatic carbocycles. The third-order valence-corrected chi connectivity index (χ3v) is 4.99. The second kappa shape index (κ2) is 6.38. The highest BCUT2D eigenvalue weighted by Gasteiger charge is 2.32. The Labute approximate surface area is 132 Å². The zero-order valence-electron chi connectivity index (χ0n) is 12.7. The Kier molecular flexibility index (Phi) is 4.52. The number of nitrogens with two attached hydrogens (primary N) is 1. The van der Waals surface area contributed by atoms with Gasteiger partial charge >= 0.3 is 0 Å². The van der Waals surface area contributed by atoms with Crippen LogP contribution in [0.5, 0.6) is 0 Å². The van der Waals surface area contributed by atoms with Gasteiger partial charge in [-0.1, -0.05) is 18.6 Å². The molecule has 0 spiro atoms. The predicted molar refractivity (Wildman–Crippen MR) is 89.2 cm³/mol. The van der Waals surface area contributed by atoms with E-state index in [2.05, 4.69) is 27.8 Å². The molecule has 1 aromatic heterocycles. The van der Waals surface area contributed by atoms with Crippen molar-refractivity contribution in [1.29, 1.82) is 0 Å². The number of fused-ring (bicyclic) bond motifs is 1. The number of pyridine rings is 1. The Bertz CT molecular complexity index is 519. The fraction of sp³-hybridized carbons (Fsp3) is 0.625. The zero-order chi connectivity index (χ0) is 14.8. The van der Waals surface area contributed by atoms with Crippen molar-refractivity contribution in [2.24, 2.45) is 5.73 Å². The maximum absolute atomic E-state index is 5.68. The molecule has 5 heteroatoms. The Balaban J connectivity index is 1.69. The Hall–Kier alpha value is -1.04. The van der Waals surface area contributed by atoms with Crippen molar-refractivity contribution in [3.8, 4) is 0 Å². The second-order valence-corrected chi connectivity index (χ2v) is 6.78. The fourth-order valence-corrected chi connectivity index (χ4v) is 3.69. The van der Waals surface area contributed by atoms with Crippen LogP contribution in [0.2, 0.25) is 0 Å². The van der Waals surface area contributed by atoms with Crippen molar-refractivity contribution in [3.63, 3.8) is 0 Å². The number of aromatic nitrogens is 1. The van der Waals surface area contributed by atoms with Crippen LogP contribution in [0, 0.1) is 0 Å². The summed E-state index contributed by atoms with van der Waals surface area (Å²) in [6, 6.07) is 5.44. The van der Waals surface area contributed by atoms with Gasteiger partial charge in [-0.05, 0) is 44.0 Å². The summed E-state index contributed by atoms with van der Waals surface area (Å²) < 4.78 is 0. The topological polar surface area (TPSA) is 45.4 Å². The van der Waals surface area contributed by atoms with E-state index in [1.165, 1.54) is 44.5 Å². The highest BCUT2D eigenvalue weighted by Crippen LogP contribution is 2.25. The average Bonchev–Trinajstić information content (AvgIpc) is 2.48. The van der Waals surface area contributed by atoms with Gasteiger partial charge in [0, 0.05) is 37.9 Å². The van der Waals surface area contributed by atoms with Gasteiger partial charge in [0.05, 0.1) is 5.69 Å². The van der Waals surface area contributed by atoms with Crippen molar-refractivity contribution in [2.45, 2.75) is 44.8 Å². The van der Waals surface area contributed by atoms with Crippen LogP contribution in [-0.4, -0.2) is 51.5 Å². The number of rotatable bonds is 3. The molecule has 4 nitrogen and oxygen atoms in total. The highest BCUT2D eigenvalue weighted by molar-refractivity contribution is 7.80. The van der Waals surface area contributed by atoms with Crippen molar-refractivity contribution >= 4 is 17.2 Å². The summed E-state index contributed by atoms with van der Waals surface area (Å²) in [5, 5.41) is 0. The van der Waals surface area contributed by atoms with Crippen LogP contribution in [0.1, 0.15) is 37.4 Å². The number of nitrogens with zero attached hydrogens (tertiary/aromatic N) is 3. The summed E-state index contributed by atoms with van der Waals surface area (Å²) in [6.45, 7) is 6.94. The molecule has 3 heterocycles. The van der Waals surface area contributed by atoms with Gasteiger partial charge in [0.1, 0.15) is 4.99 Å². The quantitative estimate of drug-likeness (QED) is 0.863. The van der Waals surface area contributed by atoms with Gasteiger partial charge in [-0.3, -0.25) is 14.8 Å². The predicted octanol–water partition coefficient (Wildman–Crippen LogP) is 1.77. The van der Waals surface area contributed by atoms with Crippen molar-refractivity contribution in [3.05, 3.63) is 29.6 Å². The minimum Gasteiger partial charge on any atom is -0.388 e. The molecule has 2 aliphatic rings. The molecular formula is C16H24N4S. The van der Waals surface area contributed by atoms with Gasteiger partial charge < -0.3 is 5.73 Å². The van der Waals surface area contributed by atoms with Gasteiger partial charge in [0.25, 0.3) is 0 Å². The fourth-order valence-electron chi connectivity index (χ4n) is 3.57. The number of hydrogen-bond donors (Lipinski definition) is 1. The molecule has 0 radical (unpaired) electrons. The number of thiocarbonyl (C=S) groups is 1. The SMILES string of the molecule is CC1CN2CCCCC2CN1Cc1ccnc(C(N)=S)c1. The van der Waals surface area contributed by atoms with E-state index < -0.39 is 0 Å². The van der Waals surface area contributed by atoms with E-state index in [1.807, 2.05) is 12.3 Å². The van der Waals surface area contributed by atoms with E-state index in [4.69, 9.17) is 18.0 Å². The van der Waals surface area contributed by atoms with Crippen LogP contribution in [0.4, 0.5) is 0 Å². The summed E-state index contributed by atoms with van der Waals surface area (Å²) in [5.74, 6) is 0. The maximum atomic E-state index is 5.68. The maximum Gasteiger partial charge on any atom is 0.122 e. The molecular weight excluding hydrogens is 280 g/mol. The largest absolute Gasteiger partial charge is 0.388 e. The standard InChI is InChI=1S/C16H24N4S/c1-12-9-19-7-3-2-4-14(19)11-20(12)10-13-5-6-18-15(8-13)16(17)21/h5-6,8,12,14H,2-4,7,9-11H2,1H3,(H2,17,21). The molecule has 114 valence electrons. The van der Waals surface area contributed by atoms with E-state index in [0.29, 0.717) is 11.0 Å². The number of piperidine rings is 1. The zero-order valence-corrected chi connectivity index (χ0v) is 13.5. The van der Waals surface area contributed by atoms with Gasteiger partial charge in [0.2, 0.25) is 0 Å². The van der Waals surface area contributed by atoms with Crippen LogP contribution in [0.25, 0.3) is 0 Å². The summed E-state index contributed by atoms with van der Waals surface area (Å²) in [4.78, 5) is 9.87. The number of hydrogen-bond acceptors (Lipinski definition) is 4. The van der Waals surface area contributed by atoms with Gasteiger partial charge in [-0.15, -0.1) is 0 Å². The molecule has 2 fully saturated rings. The highest BCUT2D eigenvalue weighted by atomic mass is 32.1. The Morgan fingerprint density at radius 2 is 2.29 bits per heavy atom. The van der Waals surface area contributed by atoms with Crippen molar-refractivity contribution < 1.29 is 0 Å². The Morgan fingerprint density at radius 3 is 3.10 bits per heavy atom. The van der Waals surface area contributed by atoms with Gasteiger partial charge in [-0.2, -0.15) is 0 Å². The summed E-state index contributed by atoms with van der Waals surface area (Å²) in [7, 11) is 0. The lowest BCUT2D eigenvalue weighted by Crippen LogP contribution is -2.58. The van der Waals surface area contributed by atoms with Gasteiger partial charge in [0.15, 0.2) is 0 Å². The normalized spacial score (nSPS) is 27.3. The summed E-state index contributed by atoms with van der Waals surface area (Å²) in [5.41, 5.74) is 7.66. The monoisotopic (exact) mass is 304 g/mol. The lowest BCUT2D eigenvalue weighted by atomic mass is 9.97. The van der Waals surface area contributed by atoms with E-state index in [1.54, 1.807) is 0 Å². The molecule has 3 rings (SSSR count). The molecule has 0 bridgehead atoms. The van der Waals surface area contributed by atoms with Crippen molar-refractivity contribution in [2.75, 3.05) is 19.6 Å². The average molecular weight is 304 g/mol. The first-order valence-corrected chi connectivity index (χ1v) is 8.27. The molecule has 2 aliphatic heterocycles. The number of piperazine rings is 1. The van der Waals surface area contributed by atoms with Crippen LogP contribution in [0.15, 0.2) is 18.3 Å². The summed E-state index contributed by atoms with van der Waals surface area (Å²) in [6.07, 6.45) is 5.90. The first-order valence-electron chi connectivity index (χ1n) is 7.86. The summed E-state index contributed by atoms with van der Waals surface area (Å²) >= 11 is 5.02. The minimum absolute atomic E-state index is 0.377. The molecule has 0 saturated carbocycles. The molecule has 0 amide bonds. The van der Waals surface area contributed by atoms with E-state index in [0.717, 1.165) is 18.3 Å². The molecule has 2 N–H and O–H groups in total. The molecule has 2 unspecified atom stereocenters. The lowest BCUT2D eigenvalue weighted by Gasteiger charge is -2.47. The molecule has 0 aliphatic carbocycles. The molecule has 1 aromatic rings. The first kappa shape index (κ1) is 14.9. The molecule has 2 saturated heterocycles. The van der Waals surface area contributed by atoms with Crippen LogP contribution in [-0.2, 0) is 6.54 Å².